The molecule has 0 aromatic heterocycles. The second kappa shape index (κ2) is 10.5. The molecule has 1 aliphatic heterocycles. The van der Waals surface area contributed by atoms with Crippen molar-refractivity contribution in [1.29, 1.82) is 0 Å². The first kappa shape index (κ1) is 24.1. The molecule has 178 valence electrons. The van der Waals surface area contributed by atoms with Gasteiger partial charge in [0.05, 0.1) is 0 Å². The van der Waals surface area contributed by atoms with E-state index >= 15 is 0 Å². The molecule has 2 heteroatoms. The lowest BCUT2D eigenvalue weighted by Crippen LogP contribution is -2.25. The van der Waals surface area contributed by atoms with Crippen LogP contribution in [0.4, 0.5) is 0 Å². The van der Waals surface area contributed by atoms with Crippen LogP contribution < -0.4 is 15.2 Å². The minimum atomic E-state index is 0.219. The first-order valence-corrected chi connectivity index (χ1v) is 12.7. The van der Waals surface area contributed by atoms with Gasteiger partial charge in [0.25, 0.3) is 0 Å². The molecule has 4 rings (SSSR count). The molecule has 0 saturated heterocycles. The predicted octanol–water partition coefficient (Wildman–Crippen LogP) is 6.18. The molecule has 1 heterocycles. The van der Waals surface area contributed by atoms with Crippen molar-refractivity contribution in [3.63, 3.8) is 0 Å². The Morgan fingerprint density at radius 3 is 2.44 bits per heavy atom. The van der Waals surface area contributed by atoms with Gasteiger partial charge in [-0.3, -0.25) is 0 Å². The van der Waals surface area contributed by atoms with E-state index in [1.54, 1.807) is 0 Å². The molecular formula is C32H39NO. The number of benzene rings is 3. The van der Waals surface area contributed by atoms with Crippen molar-refractivity contribution in [3.05, 3.63) is 99.4 Å². The molecule has 0 unspecified atom stereocenters. The maximum atomic E-state index is 6.20. The summed E-state index contributed by atoms with van der Waals surface area (Å²) in [6, 6.07) is 24.4. The Bertz CT molecular complexity index is 1230. The molecule has 0 fully saturated rings. The number of fused-ring (bicyclic) bond motifs is 2. The van der Waals surface area contributed by atoms with Gasteiger partial charge in [-0.2, -0.15) is 0 Å². The van der Waals surface area contributed by atoms with Crippen LogP contribution in [0.5, 0.6) is 5.75 Å². The SMILES string of the molecule is CCC(=c1ccc2c(c1)OCc1ccccc1C=2)N(C)CCCCc1ccc(C(C)(C)C)cc1. The highest BCUT2D eigenvalue weighted by Gasteiger charge is 2.13. The van der Waals surface area contributed by atoms with Crippen molar-refractivity contribution in [2.45, 2.75) is 65.4 Å². The average molecular weight is 454 g/mol. The number of ether oxygens (including phenoxy) is 1. The van der Waals surface area contributed by atoms with Gasteiger partial charge >= 0.3 is 0 Å². The Morgan fingerprint density at radius 1 is 0.941 bits per heavy atom. The lowest BCUT2D eigenvalue weighted by Gasteiger charge is -2.22. The summed E-state index contributed by atoms with van der Waals surface area (Å²) in [6.45, 7) is 10.8. The van der Waals surface area contributed by atoms with E-state index in [1.165, 1.54) is 46.0 Å². The lowest BCUT2D eigenvalue weighted by molar-refractivity contribution is 0.304. The standard InChI is InChI=1S/C32H39NO/c1-6-30(33(5)20-10-9-11-24-14-18-29(19-15-24)32(2,3)4)26-16-17-27-21-25-12-7-8-13-28(25)23-34-31(27)22-26/h7-8,12-19,21-22H,6,9-11,20,23H2,1-5H3. The van der Waals surface area contributed by atoms with Gasteiger partial charge in [0.15, 0.2) is 0 Å². The monoisotopic (exact) mass is 453 g/mol. The molecule has 0 amide bonds. The summed E-state index contributed by atoms with van der Waals surface area (Å²) in [7, 11) is 2.23. The van der Waals surface area contributed by atoms with Gasteiger partial charge in [0, 0.05) is 24.5 Å². The number of hydrogen-bond acceptors (Lipinski definition) is 2. The van der Waals surface area contributed by atoms with E-state index in [1.807, 2.05) is 0 Å². The molecule has 0 aliphatic carbocycles. The van der Waals surface area contributed by atoms with E-state index in [2.05, 4.69) is 112 Å². The fourth-order valence-electron chi connectivity index (χ4n) is 4.77. The molecule has 3 aromatic carbocycles. The second-order valence-corrected chi connectivity index (χ2v) is 10.5. The van der Waals surface area contributed by atoms with Crippen molar-refractivity contribution in [2.75, 3.05) is 13.6 Å². The summed E-state index contributed by atoms with van der Waals surface area (Å²) in [5, 5.41) is 2.42. The van der Waals surface area contributed by atoms with Crippen LogP contribution in [0.2, 0.25) is 0 Å². The molecule has 0 bridgehead atoms. The predicted molar refractivity (Wildman–Crippen MR) is 144 cm³/mol. The molecule has 0 atom stereocenters. The van der Waals surface area contributed by atoms with E-state index in [-0.39, 0.29) is 5.41 Å². The minimum absolute atomic E-state index is 0.219. The normalized spacial score (nSPS) is 13.7. The molecule has 34 heavy (non-hydrogen) atoms. The Hall–Kier alpha value is -3.00. The third-order valence-electron chi connectivity index (χ3n) is 6.92. The van der Waals surface area contributed by atoms with E-state index in [0.717, 1.165) is 30.4 Å². The molecule has 0 spiro atoms. The summed E-state index contributed by atoms with van der Waals surface area (Å²) in [4.78, 5) is 2.43. The maximum Gasteiger partial charge on any atom is 0.127 e. The van der Waals surface area contributed by atoms with Gasteiger partial charge < -0.3 is 9.64 Å². The zero-order valence-electron chi connectivity index (χ0n) is 21.5. The van der Waals surface area contributed by atoms with Crippen molar-refractivity contribution in [3.8, 4) is 5.75 Å². The van der Waals surface area contributed by atoms with Gasteiger partial charge in [-0.05, 0) is 70.7 Å². The second-order valence-electron chi connectivity index (χ2n) is 10.5. The average Bonchev–Trinajstić information content (AvgIpc) is 3.01. The quantitative estimate of drug-likeness (QED) is 0.396. The van der Waals surface area contributed by atoms with Crippen LogP contribution in [0.25, 0.3) is 11.8 Å². The van der Waals surface area contributed by atoms with Crippen LogP contribution in [0.3, 0.4) is 0 Å². The Morgan fingerprint density at radius 2 is 1.71 bits per heavy atom. The van der Waals surface area contributed by atoms with E-state index in [9.17, 15) is 0 Å². The van der Waals surface area contributed by atoms with Crippen molar-refractivity contribution < 1.29 is 4.74 Å². The minimum Gasteiger partial charge on any atom is -0.488 e. The number of rotatable bonds is 7. The third-order valence-corrected chi connectivity index (χ3v) is 6.92. The summed E-state index contributed by atoms with van der Waals surface area (Å²) in [5.74, 6) is 0.978. The summed E-state index contributed by atoms with van der Waals surface area (Å²) in [5.41, 5.74) is 6.93. The first-order valence-electron chi connectivity index (χ1n) is 12.7. The van der Waals surface area contributed by atoms with Crippen molar-refractivity contribution >= 4 is 11.8 Å². The van der Waals surface area contributed by atoms with Gasteiger partial charge in [0.2, 0.25) is 0 Å². The highest BCUT2D eigenvalue weighted by molar-refractivity contribution is 5.58. The largest absolute Gasteiger partial charge is 0.488 e. The zero-order chi connectivity index (χ0) is 24.1. The van der Waals surface area contributed by atoms with Crippen LogP contribution in [0.1, 0.15) is 69.2 Å². The van der Waals surface area contributed by atoms with Gasteiger partial charge in [-0.15, -0.1) is 0 Å². The Labute approximate surface area is 205 Å². The smallest absolute Gasteiger partial charge is 0.127 e. The number of unbranched alkanes of at least 4 members (excludes halogenated alkanes) is 1. The van der Waals surface area contributed by atoms with Gasteiger partial charge in [-0.25, -0.2) is 0 Å². The molecule has 3 aromatic rings. The zero-order valence-corrected chi connectivity index (χ0v) is 21.5. The maximum absolute atomic E-state index is 6.20. The van der Waals surface area contributed by atoms with Gasteiger partial charge in [-0.1, -0.05) is 88.4 Å². The molecule has 1 aliphatic rings. The summed E-state index contributed by atoms with van der Waals surface area (Å²) < 4.78 is 6.20. The Kier molecular flexibility index (Phi) is 7.46. The highest BCUT2D eigenvalue weighted by Crippen LogP contribution is 2.23. The molecule has 0 N–H and O–H groups in total. The van der Waals surface area contributed by atoms with Crippen LogP contribution in [-0.2, 0) is 18.4 Å². The third kappa shape index (κ3) is 5.73. The molecule has 0 radical (unpaired) electrons. The van der Waals surface area contributed by atoms with E-state index in [0.29, 0.717) is 6.61 Å². The highest BCUT2D eigenvalue weighted by atomic mass is 16.5. The van der Waals surface area contributed by atoms with Crippen molar-refractivity contribution in [2.24, 2.45) is 0 Å². The molecular weight excluding hydrogens is 414 g/mol. The van der Waals surface area contributed by atoms with E-state index < -0.39 is 0 Å². The fourth-order valence-corrected chi connectivity index (χ4v) is 4.77. The van der Waals surface area contributed by atoms with Crippen molar-refractivity contribution in [1.82, 2.24) is 4.90 Å². The fraction of sp³-hybridized carbons (Fsp3) is 0.375. The molecule has 0 saturated carbocycles. The van der Waals surface area contributed by atoms with Crippen LogP contribution in [0.15, 0.2) is 66.7 Å². The van der Waals surface area contributed by atoms with E-state index in [4.69, 9.17) is 4.74 Å². The van der Waals surface area contributed by atoms with Crippen LogP contribution in [-0.4, -0.2) is 18.5 Å². The van der Waals surface area contributed by atoms with Gasteiger partial charge in [0.1, 0.15) is 12.4 Å². The lowest BCUT2D eigenvalue weighted by atomic mass is 9.86. The number of hydrogen-bond donors (Lipinski definition) is 0. The molecule has 2 nitrogen and oxygen atoms in total. The Balaban J connectivity index is 1.41. The number of aryl methyl sites for hydroxylation is 1. The van der Waals surface area contributed by atoms with Crippen LogP contribution >= 0.6 is 0 Å². The van der Waals surface area contributed by atoms with Crippen LogP contribution in [0, 0.1) is 0 Å². The topological polar surface area (TPSA) is 12.5 Å². The summed E-state index contributed by atoms with van der Waals surface area (Å²) >= 11 is 0. The summed E-state index contributed by atoms with van der Waals surface area (Å²) in [6.07, 6.45) is 6.78. The number of nitrogens with zero attached hydrogens (tertiary/aromatic N) is 1. The first-order chi connectivity index (χ1) is 16.3.